The molecule has 0 unspecified atom stereocenters. The van der Waals surface area contributed by atoms with Gasteiger partial charge in [-0.3, -0.25) is 9.59 Å². The number of hydrogen-bond donors (Lipinski definition) is 0. The highest BCUT2D eigenvalue weighted by Gasteiger charge is 2.13. The first-order valence-corrected chi connectivity index (χ1v) is 14.2. The molecule has 8 heteroatoms. The zero-order valence-electron chi connectivity index (χ0n) is 22.4. The summed E-state index contributed by atoms with van der Waals surface area (Å²) in [5.41, 5.74) is 3.63. The quantitative estimate of drug-likeness (QED) is 0.151. The molecule has 0 radical (unpaired) electrons. The molecule has 0 atom stereocenters. The molecule has 0 aliphatic rings. The van der Waals surface area contributed by atoms with Gasteiger partial charge in [-0.2, -0.15) is 4.98 Å². The number of carbonyl (C=O) groups excluding carboxylic acids is 1. The molecule has 0 bridgehead atoms. The number of hydrogen-bond acceptors (Lipinski definition) is 6. The van der Waals surface area contributed by atoms with Crippen LogP contribution in [0.2, 0.25) is 0 Å². The van der Waals surface area contributed by atoms with Gasteiger partial charge in [0, 0.05) is 62.9 Å². The third-order valence-corrected chi connectivity index (χ3v) is 7.40. The van der Waals surface area contributed by atoms with Gasteiger partial charge in [0.05, 0.1) is 0 Å². The monoisotopic (exact) mass is 521 g/mol. The molecular weight excluding hydrogens is 482 g/mol. The number of carbonyl (C=O) groups is 1. The Hall–Kier alpha value is -3.00. The first kappa shape index (κ1) is 28.6. The molecule has 0 spiro atoms. The van der Waals surface area contributed by atoms with Crippen LogP contribution in [0.5, 0.6) is 0 Å². The van der Waals surface area contributed by atoms with Crippen molar-refractivity contribution in [3.05, 3.63) is 81.8 Å². The zero-order valence-corrected chi connectivity index (χ0v) is 23.2. The maximum atomic E-state index is 12.9. The summed E-state index contributed by atoms with van der Waals surface area (Å²) in [6.45, 7) is 5.71. The second kappa shape index (κ2) is 15.3. The Balaban J connectivity index is 1.65. The number of amides is 1. The predicted molar refractivity (Wildman–Crippen MR) is 150 cm³/mol. The summed E-state index contributed by atoms with van der Waals surface area (Å²) in [6.07, 6.45) is 14.3. The fraction of sp³-hybridized carbons (Fsp3) is 0.483. The molecule has 1 amide bonds. The normalized spacial score (nSPS) is 11.0. The molecule has 3 rings (SSSR count). The van der Waals surface area contributed by atoms with Gasteiger partial charge in [0.2, 0.25) is 5.91 Å². The molecule has 0 aliphatic carbocycles. The van der Waals surface area contributed by atoms with E-state index in [2.05, 4.69) is 53.1 Å². The van der Waals surface area contributed by atoms with Crippen LogP contribution in [0.1, 0.15) is 74.1 Å². The van der Waals surface area contributed by atoms with Crippen molar-refractivity contribution < 1.29 is 4.79 Å². The minimum absolute atomic E-state index is 0.167. The van der Waals surface area contributed by atoms with E-state index in [1.165, 1.54) is 43.1 Å². The fourth-order valence-electron chi connectivity index (χ4n) is 4.06. The van der Waals surface area contributed by atoms with Crippen LogP contribution in [0, 0.1) is 6.92 Å². The zero-order chi connectivity index (χ0) is 26.5. The van der Waals surface area contributed by atoms with Gasteiger partial charge in [-0.25, -0.2) is 9.97 Å². The Morgan fingerprint density at radius 3 is 2.46 bits per heavy atom. The molecule has 0 saturated heterocycles. The van der Waals surface area contributed by atoms with Crippen molar-refractivity contribution in [2.45, 2.75) is 82.7 Å². The molecule has 37 heavy (non-hydrogen) atoms. The Morgan fingerprint density at radius 2 is 1.73 bits per heavy atom. The summed E-state index contributed by atoms with van der Waals surface area (Å²) in [5, 5.41) is 0.676. The van der Waals surface area contributed by atoms with Crippen molar-refractivity contribution >= 4 is 17.7 Å². The van der Waals surface area contributed by atoms with Gasteiger partial charge in [0.25, 0.3) is 5.56 Å². The smallest absolute Gasteiger partial charge is 0.277 e. The summed E-state index contributed by atoms with van der Waals surface area (Å²) < 4.78 is 2.03. The van der Waals surface area contributed by atoms with E-state index in [1.54, 1.807) is 24.2 Å². The molecule has 198 valence electrons. The molecule has 0 aliphatic heterocycles. The van der Waals surface area contributed by atoms with Crippen molar-refractivity contribution in [1.82, 2.24) is 24.4 Å². The molecule has 0 N–H and O–H groups in total. The lowest BCUT2D eigenvalue weighted by Crippen LogP contribution is -2.28. The van der Waals surface area contributed by atoms with E-state index < -0.39 is 0 Å². The number of rotatable bonds is 15. The average Bonchev–Trinajstić information content (AvgIpc) is 2.90. The van der Waals surface area contributed by atoms with Crippen molar-refractivity contribution in [2.75, 3.05) is 13.6 Å². The molecular formula is C29H39N5O2S. The molecule has 2 heterocycles. The van der Waals surface area contributed by atoms with Crippen LogP contribution in [-0.2, 0) is 23.5 Å². The van der Waals surface area contributed by atoms with Gasteiger partial charge in [0.1, 0.15) is 6.33 Å². The third kappa shape index (κ3) is 9.76. The van der Waals surface area contributed by atoms with E-state index in [0.29, 0.717) is 36.5 Å². The van der Waals surface area contributed by atoms with Crippen LogP contribution in [0.3, 0.4) is 0 Å². The van der Waals surface area contributed by atoms with Gasteiger partial charge >= 0.3 is 0 Å². The molecule has 0 saturated carbocycles. The fourth-order valence-corrected chi connectivity index (χ4v) is 5.01. The lowest BCUT2D eigenvalue weighted by Gasteiger charge is -2.18. The number of aromatic nitrogens is 4. The first-order chi connectivity index (χ1) is 18.0. The highest BCUT2D eigenvalue weighted by atomic mass is 32.2. The lowest BCUT2D eigenvalue weighted by atomic mass is 10.1. The number of thioether (sulfide) groups is 1. The summed E-state index contributed by atoms with van der Waals surface area (Å²) in [4.78, 5) is 39.9. The minimum Gasteiger partial charge on any atom is -0.346 e. The first-order valence-electron chi connectivity index (χ1n) is 13.2. The van der Waals surface area contributed by atoms with Gasteiger partial charge in [-0.1, -0.05) is 74.2 Å². The second-order valence-electron chi connectivity index (χ2n) is 9.58. The molecule has 0 fully saturated rings. The number of nitrogens with zero attached hydrogens (tertiary/aromatic N) is 5. The van der Waals surface area contributed by atoms with E-state index in [9.17, 15) is 9.59 Å². The van der Waals surface area contributed by atoms with Crippen molar-refractivity contribution in [3.63, 3.8) is 0 Å². The van der Waals surface area contributed by atoms with E-state index in [1.807, 2.05) is 22.7 Å². The SMILES string of the molecule is CCCCCCCN(C)C(=O)CCCn1cc(Cc2cncnc2)c(=O)nc1SCc1ccc(C)cc1. The Morgan fingerprint density at radius 1 is 1.00 bits per heavy atom. The van der Waals surface area contributed by atoms with Gasteiger partial charge in [-0.15, -0.1) is 0 Å². The van der Waals surface area contributed by atoms with Crippen molar-refractivity contribution in [2.24, 2.45) is 0 Å². The van der Waals surface area contributed by atoms with Crippen LogP contribution < -0.4 is 5.56 Å². The highest BCUT2D eigenvalue weighted by molar-refractivity contribution is 7.98. The van der Waals surface area contributed by atoms with Gasteiger partial charge in [-0.05, 0) is 30.9 Å². The minimum atomic E-state index is -0.231. The molecule has 3 aromatic rings. The maximum Gasteiger partial charge on any atom is 0.277 e. The molecule has 7 nitrogen and oxygen atoms in total. The van der Waals surface area contributed by atoms with E-state index in [-0.39, 0.29) is 11.5 Å². The number of benzene rings is 1. The maximum absolute atomic E-state index is 12.9. The largest absolute Gasteiger partial charge is 0.346 e. The highest BCUT2D eigenvalue weighted by Crippen LogP contribution is 2.22. The van der Waals surface area contributed by atoms with Gasteiger partial charge in [0.15, 0.2) is 5.16 Å². The Kier molecular flexibility index (Phi) is 11.8. The van der Waals surface area contributed by atoms with E-state index in [0.717, 1.165) is 24.3 Å². The van der Waals surface area contributed by atoms with Crippen LogP contribution in [0.15, 0.2) is 59.1 Å². The van der Waals surface area contributed by atoms with Gasteiger partial charge < -0.3 is 9.47 Å². The van der Waals surface area contributed by atoms with Crippen LogP contribution in [0.25, 0.3) is 0 Å². The number of aryl methyl sites for hydroxylation is 2. The standard InChI is InChI=1S/C29H39N5O2S/c1-4-5-6-7-8-15-33(3)27(35)10-9-16-34-20-26(17-25-18-30-22-31-19-25)28(36)32-29(34)37-21-24-13-11-23(2)12-14-24/h11-14,18-20,22H,4-10,15-17,21H2,1-3H3. The second-order valence-corrected chi connectivity index (χ2v) is 10.5. The average molecular weight is 522 g/mol. The molecule has 1 aromatic carbocycles. The number of unbranched alkanes of at least 4 members (excludes halogenated alkanes) is 4. The van der Waals surface area contributed by atoms with Crippen molar-refractivity contribution in [3.8, 4) is 0 Å². The van der Waals surface area contributed by atoms with Crippen LogP contribution >= 0.6 is 11.8 Å². The topological polar surface area (TPSA) is 81.0 Å². The summed E-state index contributed by atoms with van der Waals surface area (Å²) in [7, 11) is 1.89. The van der Waals surface area contributed by atoms with E-state index >= 15 is 0 Å². The Labute approximate surface area is 224 Å². The third-order valence-electron chi connectivity index (χ3n) is 6.34. The van der Waals surface area contributed by atoms with E-state index in [4.69, 9.17) is 0 Å². The summed E-state index contributed by atoms with van der Waals surface area (Å²) >= 11 is 1.55. The summed E-state index contributed by atoms with van der Waals surface area (Å²) in [6, 6.07) is 8.39. The predicted octanol–water partition coefficient (Wildman–Crippen LogP) is 5.43. The van der Waals surface area contributed by atoms with Crippen LogP contribution in [-0.4, -0.2) is 43.9 Å². The Bertz CT molecular complexity index is 1170. The molecule has 2 aromatic heterocycles. The van der Waals surface area contributed by atoms with Crippen molar-refractivity contribution in [1.29, 1.82) is 0 Å². The summed E-state index contributed by atoms with van der Waals surface area (Å²) in [5.74, 6) is 0.887. The lowest BCUT2D eigenvalue weighted by molar-refractivity contribution is -0.130. The van der Waals surface area contributed by atoms with Crippen LogP contribution in [0.4, 0.5) is 0 Å².